The van der Waals surface area contributed by atoms with E-state index in [1.165, 1.54) is 0 Å². The monoisotopic (exact) mass is 264 g/mol. The SMILES string of the molecule is COCCS(=O)Cc1ccc(N)c2cccnc12. The first-order valence-corrected chi connectivity index (χ1v) is 7.17. The Bertz CT molecular complexity index is 572. The summed E-state index contributed by atoms with van der Waals surface area (Å²) in [7, 11) is 0.669. The lowest BCUT2D eigenvalue weighted by Crippen LogP contribution is -2.07. The maximum atomic E-state index is 11.9. The van der Waals surface area contributed by atoms with Crippen molar-refractivity contribution in [1.82, 2.24) is 4.98 Å². The van der Waals surface area contributed by atoms with Crippen molar-refractivity contribution in [1.29, 1.82) is 0 Å². The number of fused-ring (bicyclic) bond motifs is 1. The third-order valence-electron chi connectivity index (χ3n) is 2.72. The van der Waals surface area contributed by atoms with Crippen molar-refractivity contribution < 1.29 is 8.95 Å². The number of nitrogens with two attached hydrogens (primary N) is 1. The van der Waals surface area contributed by atoms with Gasteiger partial charge in [0.2, 0.25) is 0 Å². The Labute approximate surface area is 109 Å². The molecule has 1 atom stereocenters. The van der Waals surface area contributed by atoms with E-state index in [0.717, 1.165) is 16.5 Å². The zero-order chi connectivity index (χ0) is 13.0. The van der Waals surface area contributed by atoms with Crippen molar-refractivity contribution in [2.24, 2.45) is 0 Å². The lowest BCUT2D eigenvalue weighted by Gasteiger charge is -2.07. The number of benzene rings is 1. The first kappa shape index (κ1) is 13.0. The molecule has 0 fully saturated rings. The fourth-order valence-electron chi connectivity index (χ4n) is 1.79. The molecule has 1 unspecified atom stereocenters. The van der Waals surface area contributed by atoms with Gasteiger partial charge in [0, 0.05) is 40.9 Å². The summed E-state index contributed by atoms with van der Waals surface area (Å²) in [4.78, 5) is 4.33. The molecule has 2 N–H and O–H groups in total. The van der Waals surface area contributed by atoms with Crippen LogP contribution in [0.1, 0.15) is 5.56 Å². The molecule has 2 rings (SSSR count). The number of ether oxygens (including phenoxy) is 1. The first-order chi connectivity index (χ1) is 8.72. The highest BCUT2D eigenvalue weighted by Crippen LogP contribution is 2.23. The average Bonchev–Trinajstić information content (AvgIpc) is 2.40. The first-order valence-electron chi connectivity index (χ1n) is 5.68. The molecule has 0 radical (unpaired) electrons. The van der Waals surface area contributed by atoms with Crippen LogP contribution in [0.15, 0.2) is 30.5 Å². The maximum absolute atomic E-state index is 11.9. The number of hydrogen-bond donors (Lipinski definition) is 1. The molecule has 4 nitrogen and oxygen atoms in total. The van der Waals surface area contributed by atoms with Gasteiger partial charge in [0.1, 0.15) is 0 Å². The molecular formula is C13H16N2O2S. The zero-order valence-corrected chi connectivity index (χ0v) is 11.1. The number of nitrogens with zero attached hydrogens (tertiary/aromatic N) is 1. The van der Waals surface area contributed by atoms with Crippen LogP contribution in [0, 0.1) is 0 Å². The Morgan fingerprint density at radius 3 is 3.00 bits per heavy atom. The van der Waals surface area contributed by atoms with Crippen LogP contribution in [-0.4, -0.2) is 28.7 Å². The number of anilines is 1. The van der Waals surface area contributed by atoms with Crippen LogP contribution in [0.25, 0.3) is 10.9 Å². The third kappa shape index (κ3) is 2.86. The molecule has 0 bridgehead atoms. The third-order valence-corrected chi connectivity index (χ3v) is 3.97. The van der Waals surface area contributed by atoms with Gasteiger partial charge in [0.05, 0.1) is 17.9 Å². The molecule has 18 heavy (non-hydrogen) atoms. The Morgan fingerprint density at radius 1 is 1.39 bits per heavy atom. The van der Waals surface area contributed by atoms with Crippen molar-refractivity contribution in [3.8, 4) is 0 Å². The van der Waals surface area contributed by atoms with Crippen LogP contribution in [0.4, 0.5) is 5.69 Å². The number of hydrogen-bond acceptors (Lipinski definition) is 4. The van der Waals surface area contributed by atoms with Crippen LogP contribution in [0.2, 0.25) is 0 Å². The van der Waals surface area contributed by atoms with E-state index in [1.807, 2.05) is 24.3 Å². The van der Waals surface area contributed by atoms with Gasteiger partial charge >= 0.3 is 0 Å². The molecule has 1 heterocycles. The summed E-state index contributed by atoms with van der Waals surface area (Å²) in [5.41, 5.74) is 8.40. The second-order valence-electron chi connectivity index (χ2n) is 3.99. The van der Waals surface area contributed by atoms with E-state index in [1.54, 1.807) is 13.3 Å². The van der Waals surface area contributed by atoms with Gasteiger partial charge in [-0.3, -0.25) is 9.19 Å². The molecule has 1 aromatic carbocycles. The van der Waals surface area contributed by atoms with E-state index in [-0.39, 0.29) is 0 Å². The van der Waals surface area contributed by atoms with Gasteiger partial charge in [0.25, 0.3) is 0 Å². The Morgan fingerprint density at radius 2 is 2.22 bits per heavy atom. The quantitative estimate of drug-likeness (QED) is 0.835. The minimum absolute atomic E-state index is 0.483. The van der Waals surface area contributed by atoms with Crippen LogP contribution < -0.4 is 5.73 Å². The lowest BCUT2D eigenvalue weighted by atomic mass is 10.1. The van der Waals surface area contributed by atoms with E-state index in [4.69, 9.17) is 10.5 Å². The zero-order valence-electron chi connectivity index (χ0n) is 10.3. The highest BCUT2D eigenvalue weighted by molar-refractivity contribution is 7.84. The van der Waals surface area contributed by atoms with E-state index < -0.39 is 10.8 Å². The van der Waals surface area contributed by atoms with E-state index in [9.17, 15) is 4.21 Å². The average molecular weight is 264 g/mol. The van der Waals surface area contributed by atoms with Crippen molar-refractivity contribution in [2.75, 3.05) is 25.2 Å². The van der Waals surface area contributed by atoms with Gasteiger partial charge in [-0.05, 0) is 23.8 Å². The smallest absolute Gasteiger partial charge is 0.0763 e. The normalized spacial score (nSPS) is 12.7. The number of aromatic nitrogens is 1. The second kappa shape index (κ2) is 5.93. The van der Waals surface area contributed by atoms with Gasteiger partial charge in [-0.1, -0.05) is 6.07 Å². The van der Waals surface area contributed by atoms with Gasteiger partial charge in [-0.15, -0.1) is 0 Å². The molecule has 96 valence electrons. The second-order valence-corrected chi connectivity index (χ2v) is 5.57. The highest BCUT2D eigenvalue weighted by Gasteiger charge is 2.08. The molecular weight excluding hydrogens is 248 g/mol. The molecule has 2 aromatic rings. The van der Waals surface area contributed by atoms with Crippen molar-refractivity contribution >= 4 is 27.4 Å². The van der Waals surface area contributed by atoms with Crippen LogP contribution in [-0.2, 0) is 21.3 Å². The predicted octanol–water partition coefficient (Wildman–Crippen LogP) is 1.71. The minimum atomic E-state index is -0.939. The molecule has 0 aliphatic heterocycles. The van der Waals surface area contributed by atoms with Crippen molar-refractivity contribution in [3.63, 3.8) is 0 Å². The van der Waals surface area contributed by atoms with E-state index >= 15 is 0 Å². The maximum Gasteiger partial charge on any atom is 0.0763 e. The molecule has 0 aliphatic rings. The number of rotatable bonds is 5. The lowest BCUT2D eigenvalue weighted by molar-refractivity contribution is 0.218. The van der Waals surface area contributed by atoms with Crippen LogP contribution >= 0.6 is 0 Å². The topological polar surface area (TPSA) is 65.2 Å². The van der Waals surface area contributed by atoms with E-state index in [2.05, 4.69) is 4.98 Å². The summed E-state index contributed by atoms with van der Waals surface area (Å²) in [5, 5.41) is 0.916. The Balaban J connectivity index is 2.29. The number of nitrogen functional groups attached to an aromatic ring is 1. The summed E-state index contributed by atoms with van der Waals surface area (Å²) in [6.45, 7) is 0.507. The summed E-state index contributed by atoms with van der Waals surface area (Å²) < 4.78 is 16.8. The van der Waals surface area contributed by atoms with Gasteiger partial charge < -0.3 is 10.5 Å². The molecule has 1 aromatic heterocycles. The molecule has 0 amide bonds. The molecule has 5 heteroatoms. The molecule has 0 saturated carbocycles. The van der Waals surface area contributed by atoms with Gasteiger partial charge in [0.15, 0.2) is 0 Å². The van der Waals surface area contributed by atoms with Crippen molar-refractivity contribution in [3.05, 3.63) is 36.0 Å². The fourth-order valence-corrected chi connectivity index (χ4v) is 2.87. The standard InChI is InChI=1S/C13H16N2O2S/c1-17-7-8-18(16)9-10-4-5-12(14)11-3-2-6-15-13(10)11/h2-6H,7-9,14H2,1H3. The molecule has 0 saturated heterocycles. The summed E-state index contributed by atoms with van der Waals surface area (Å²) in [5.74, 6) is 1.02. The highest BCUT2D eigenvalue weighted by atomic mass is 32.2. The predicted molar refractivity (Wildman–Crippen MR) is 74.7 cm³/mol. The summed E-state index contributed by atoms with van der Waals surface area (Å²) in [6.07, 6.45) is 1.73. The Kier molecular flexibility index (Phi) is 4.28. The summed E-state index contributed by atoms with van der Waals surface area (Å²) in [6, 6.07) is 7.52. The van der Waals surface area contributed by atoms with Gasteiger partial charge in [-0.25, -0.2) is 0 Å². The minimum Gasteiger partial charge on any atom is -0.398 e. The van der Waals surface area contributed by atoms with Crippen LogP contribution in [0.3, 0.4) is 0 Å². The molecule has 0 aliphatic carbocycles. The van der Waals surface area contributed by atoms with Gasteiger partial charge in [-0.2, -0.15) is 0 Å². The van der Waals surface area contributed by atoms with E-state index in [0.29, 0.717) is 23.8 Å². The fraction of sp³-hybridized carbons (Fsp3) is 0.308. The van der Waals surface area contributed by atoms with Crippen molar-refractivity contribution in [2.45, 2.75) is 5.75 Å². The number of pyridine rings is 1. The Hall–Kier alpha value is -1.46. The largest absolute Gasteiger partial charge is 0.398 e. The molecule has 0 spiro atoms. The van der Waals surface area contributed by atoms with Crippen LogP contribution in [0.5, 0.6) is 0 Å². The summed E-state index contributed by atoms with van der Waals surface area (Å²) >= 11 is 0. The number of methoxy groups -OCH3 is 1.